The molecule has 10 heteroatoms. The van der Waals surface area contributed by atoms with Crippen LogP contribution in [-0.4, -0.2) is 60.1 Å². The molecule has 0 bridgehead atoms. The zero-order valence-corrected chi connectivity index (χ0v) is 21.6. The van der Waals surface area contributed by atoms with Crippen LogP contribution in [0, 0.1) is 5.82 Å². The maximum Gasteiger partial charge on any atom is 0.317 e. The van der Waals surface area contributed by atoms with E-state index in [1.807, 2.05) is 41.3 Å². The quantitative estimate of drug-likeness (QED) is 0.266. The van der Waals surface area contributed by atoms with Crippen molar-refractivity contribution < 1.29 is 23.1 Å². The first kappa shape index (κ1) is 26.8. The molecular weight excluding hydrogens is 529 g/mol. The molecule has 39 heavy (non-hydrogen) atoms. The molecule has 0 amide bonds. The van der Waals surface area contributed by atoms with Gasteiger partial charge in [-0.3, -0.25) is 14.7 Å². The molecule has 1 fully saturated rings. The first-order valence-electron chi connectivity index (χ1n) is 12.5. The number of anilines is 2. The van der Waals surface area contributed by atoms with E-state index >= 15 is 0 Å². The van der Waals surface area contributed by atoms with Crippen molar-refractivity contribution in [1.82, 2.24) is 9.88 Å². The Bertz CT molecular complexity index is 1480. The van der Waals surface area contributed by atoms with Gasteiger partial charge < -0.3 is 15.3 Å². The lowest BCUT2D eigenvalue weighted by molar-refractivity contribution is -0.138. The number of alkyl halides is 2. The molecule has 1 aliphatic heterocycles. The summed E-state index contributed by atoms with van der Waals surface area (Å²) in [6.45, 7) is 2.86. The standard InChI is InChI=1S/C29H26ClF3N4O2/c30-23-16-34-25-10-7-19(15-22(25)27(23)35-28(29(32)33)21-3-1-2-4-24(21)31)18-5-8-20(9-6-18)37-13-11-36(12-14-37)17-26(38)39/h1-10,15-16,28-29H,11-14,17H2,(H,34,35)(H,38,39)/t28-/m0/s1. The van der Waals surface area contributed by atoms with Crippen LogP contribution in [-0.2, 0) is 4.79 Å². The summed E-state index contributed by atoms with van der Waals surface area (Å²) >= 11 is 6.42. The van der Waals surface area contributed by atoms with E-state index < -0.39 is 24.3 Å². The fourth-order valence-corrected chi connectivity index (χ4v) is 5.08. The SMILES string of the molecule is O=C(O)CN1CCN(c2ccc(-c3ccc4ncc(Cl)c(N[C@@H](c5ccccc5F)C(F)F)c4c3)cc2)CC1. The van der Waals surface area contributed by atoms with E-state index in [0.717, 1.165) is 36.0 Å². The van der Waals surface area contributed by atoms with Crippen LogP contribution in [0.1, 0.15) is 11.6 Å². The normalized spacial score (nSPS) is 15.1. The van der Waals surface area contributed by atoms with E-state index in [4.69, 9.17) is 16.7 Å². The minimum atomic E-state index is -2.89. The Hall–Kier alpha value is -3.82. The van der Waals surface area contributed by atoms with Gasteiger partial charge in [-0.1, -0.05) is 48.0 Å². The number of hydrogen-bond acceptors (Lipinski definition) is 5. The number of carboxylic acid groups (broad SMARTS) is 1. The van der Waals surface area contributed by atoms with Crippen molar-refractivity contribution >= 4 is 39.8 Å². The van der Waals surface area contributed by atoms with Crippen LogP contribution in [0.15, 0.2) is 72.9 Å². The highest BCUT2D eigenvalue weighted by Crippen LogP contribution is 2.37. The summed E-state index contributed by atoms with van der Waals surface area (Å²) in [6.07, 6.45) is -1.50. The van der Waals surface area contributed by atoms with Crippen LogP contribution in [0.2, 0.25) is 5.02 Å². The van der Waals surface area contributed by atoms with Crippen LogP contribution >= 0.6 is 11.6 Å². The van der Waals surface area contributed by atoms with Crippen molar-refractivity contribution in [2.24, 2.45) is 0 Å². The Balaban J connectivity index is 1.41. The van der Waals surface area contributed by atoms with Gasteiger partial charge in [0.15, 0.2) is 0 Å². The number of piperazine rings is 1. The van der Waals surface area contributed by atoms with Crippen LogP contribution in [0.5, 0.6) is 0 Å². The average Bonchev–Trinajstić information content (AvgIpc) is 2.93. The van der Waals surface area contributed by atoms with Gasteiger partial charge in [0.25, 0.3) is 6.43 Å². The largest absolute Gasteiger partial charge is 0.480 e. The number of nitrogens with one attached hydrogen (secondary N) is 1. The van der Waals surface area contributed by atoms with Gasteiger partial charge in [0.05, 0.1) is 22.8 Å². The molecule has 0 saturated carbocycles. The van der Waals surface area contributed by atoms with Crippen molar-refractivity contribution in [2.75, 3.05) is 42.9 Å². The summed E-state index contributed by atoms with van der Waals surface area (Å²) in [5, 5.41) is 12.5. The van der Waals surface area contributed by atoms with Gasteiger partial charge in [0.1, 0.15) is 11.9 Å². The molecule has 1 aliphatic rings. The molecular formula is C29H26ClF3N4O2. The molecule has 2 heterocycles. The lowest BCUT2D eigenvalue weighted by atomic mass is 10.0. The average molecular weight is 555 g/mol. The Morgan fingerprint density at radius 1 is 1.00 bits per heavy atom. The van der Waals surface area contributed by atoms with Crippen LogP contribution in [0.25, 0.3) is 22.0 Å². The van der Waals surface area contributed by atoms with Crippen LogP contribution < -0.4 is 10.2 Å². The Morgan fingerprint density at radius 3 is 2.36 bits per heavy atom. The van der Waals surface area contributed by atoms with Gasteiger partial charge in [-0.2, -0.15) is 0 Å². The van der Waals surface area contributed by atoms with Crippen molar-refractivity contribution in [3.05, 3.63) is 89.3 Å². The third-order valence-corrected chi connectivity index (χ3v) is 7.20. The molecule has 2 N–H and O–H groups in total. The second-order valence-corrected chi connectivity index (χ2v) is 9.80. The molecule has 1 saturated heterocycles. The third-order valence-electron chi connectivity index (χ3n) is 6.91. The monoisotopic (exact) mass is 554 g/mol. The number of fused-ring (bicyclic) bond motifs is 1. The molecule has 3 aromatic carbocycles. The molecule has 0 unspecified atom stereocenters. The summed E-state index contributed by atoms with van der Waals surface area (Å²) in [7, 11) is 0. The number of benzene rings is 3. The topological polar surface area (TPSA) is 68.7 Å². The first-order valence-corrected chi connectivity index (χ1v) is 12.8. The Labute approximate surface area is 228 Å². The zero-order valence-electron chi connectivity index (χ0n) is 20.8. The number of rotatable bonds is 8. The zero-order chi connectivity index (χ0) is 27.5. The summed E-state index contributed by atoms with van der Waals surface area (Å²) in [5.74, 6) is -1.55. The second-order valence-electron chi connectivity index (χ2n) is 9.39. The number of hydrogen-bond donors (Lipinski definition) is 2. The summed E-state index contributed by atoms with van der Waals surface area (Å²) in [4.78, 5) is 19.4. The van der Waals surface area contributed by atoms with Crippen molar-refractivity contribution in [3.63, 3.8) is 0 Å². The number of aliphatic carboxylic acids is 1. The molecule has 0 radical (unpaired) electrons. The number of aromatic nitrogens is 1. The fraction of sp³-hybridized carbons (Fsp3) is 0.241. The van der Waals surface area contributed by atoms with Gasteiger partial charge >= 0.3 is 5.97 Å². The number of carbonyl (C=O) groups is 1. The van der Waals surface area contributed by atoms with Crippen LogP contribution in [0.3, 0.4) is 0 Å². The van der Waals surface area contributed by atoms with E-state index in [9.17, 15) is 18.0 Å². The number of pyridine rings is 1. The predicted octanol–water partition coefficient (Wildman–Crippen LogP) is 6.32. The van der Waals surface area contributed by atoms with E-state index in [0.29, 0.717) is 24.0 Å². The van der Waals surface area contributed by atoms with E-state index in [1.165, 1.54) is 24.4 Å². The smallest absolute Gasteiger partial charge is 0.317 e. The fourth-order valence-electron chi connectivity index (χ4n) is 4.87. The summed E-state index contributed by atoms with van der Waals surface area (Å²) in [6, 6.07) is 17.3. The van der Waals surface area contributed by atoms with E-state index in [2.05, 4.69) is 15.2 Å². The van der Waals surface area contributed by atoms with E-state index in [-0.39, 0.29) is 22.8 Å². The molecule has 4 aromatic rings. The molecule has 1 aromatic heterocycles. The molecule has 202 valence electrons. The number of nitrogens with zero attached hydrogens (tertiary/aromatic N) is 3. The van der Waals surface area contributed by atoms with Crippen LogP contribution in [0.4, 0.5) is 24.5 Å². The minimum Gasteiger partial charge on any atom is -0.480 e. The number of carboxylic acids is 1. The summed E-state index contributed by atoms with van der Waals surface area (Å²) in [5.41, 5.74) is 3.45. The Morgan fingerprint density at radius 2 is 1.69 bits per heavy atom. The highest BCUT2D eigenvalue weighted by molar-refractivity contribution is 6.34. The van der Waals surface area contributed by atoms with Gasteiger partial charge in [0.2, 0.25) is 0 Å². The molecule has 1 atom stereocenters. The maximum atomic E-state index is 14.4. The van der Waals surface area contributed by atoms with Gasteiger partial charge in [-0.15, -0.1) is 0 Å². The highest BCUT2D eigenvalue weighted by atomic mass is 35.5. The minimum absolute atomic E-state index is 0.0445. The Kier molecular flexibility index (Phi) is 7.90. The second kappa shape index (κ2) is 11.5. The molecule has 0 spiro atoms. The molecule has 5 rings (SSSR count). The van der Waals surface area contributed by atoms with Gasteiger partial charge in [-0.05, 0) is 41.5 Å². The summed E-state index contributed by atoms with van der Waals surface area (Å²) < 4.78 is 42.5. The lowest BCUT2D eigenvalue weighted by Crippen LogP contribution is -2.47. The highest BCUT2D eigenvalue weighted by Gasteiger charge is 2.27. The lowest BCUT2D eigenvalue weighted by Gasteiger charge is -2.35. The maximum absolute atomic E-state index is 14.4. The van der Waals surface area contributed by atoms with Gasteiger partial charge in [0, 0.05) is 49.0 Å². The van der Waals surface area contributed by atoms with Gasteiger partial charge in [-0.25, -0.2) is 13.2 Å². The molecule has 6 nitrogen and oxygen atoms in total. The van der Waals surface area contributed by atoms with Crippen molar-refractivity contribution in [2.45, 2.75) is 12.5 Å². The van der Waals surface area contributed by atoms with Crippen molar-refractivity contribution in [1.29, 1.82) is 0 Å². The first-order chi connectivity index (χ1) is 18.8. The predicted molar refractivity (Wildman–Crippen MR) is 147 cm³/mol. The van der Waals surface area contributed by atoms with Crippen molar-refractivity contribution in [3.8, 4) is 11.1 Å². The third kappa shape index (κ3) is 5.94. The van der Waals surface area contributed by atoms with E-state index in [1.54, 1.807) is 6.07 Å². The molecule has 0 aliphatic carbocycles. The number of halogens is 4.